The lowest BCUT2D eigenvalue weighted by Crippen LogP contribution is -2.16. The van der Waals surface area contributed by atoms with Gasteiger partial charge in [-0.25, -0.2) is 0 Å². The molecular formula is C20H22N2O5. The quantitative estimate of drug-likeness (QED) is 0.523. The SMILES string of the molecule is COCCOC(=O)CCC(=O)Nc1cccc(NC(=O)c2ccccc2)c1. The van der Waals surface area contributed by atoms with Gasteiger partial charge in [-0.05, 0) is 30.3 Å². The molecule has 2 aromatic carbocycles. The van der Waals surface area contributed by atoms with Gasteiger partial charge in [0.05, 0.1) is 13.0 Å². The van der Waals surface area contributed by atoms with E-state index in [4.69, 9.17) is 9.47 Å². The molecule has 27 heavy (non-hydrogen) atoms. The first-order valence-corrected chi connectivity index (χ1v) is 8.49. The Morgan fingerprint density at radius 1 is 0.852 bits per heavy atom. The standard InChI is InChI=1S/C20H22N2O5/c1-26-12-13-27-19(24)11-10-18(23)21-16-8-5-9-17(14-16)22-20(25)15-6-3-2-4-7-15/h2-9,14H,10-13H2,1H3,(H,21,23)(H,22,25). The van der Waals surface area contributed by atoms with Gasteiger partial charge in [0.2, 0.25) is 5.91 Å². The first-order valence-electron chi connectivity index (χ1n) is 8.49. The minimum absolute atomic E-state index is 0.00637. The summed E-state index contributed by atoms with van der Waals surface area (Å²) in [6.07, 6.45) is -0.00754. The minimum atomic E-state index is -0.453. The second-order valence-electron chi connectivity index (χ2n) is 5.66. The van der Waals surface area contributed by atoms with Gasteiger partial charge in [-0.2, -0.15) is 0 Å². The van der Waals surface area contributed by atoms with Crippen molar-refractivity contribution in [3.63, 3.8) is 0 Å². The number of hydrogen-bond acceptors (Lipinski definition) is 5. The number of esters is 1. The molecule has 0 aliphatic heterocycles. The van der Waals surface area contributed by atoms with Gasteiger partial charge in [-0.15, -0.1) is 0 Å². The Bertz CT molecular complexity index is 777. The molecule has 7 nitrogen and oxygen atoms in total. The van der Waals surface area contributed by atoms with Crippen LogP contribution in [0.4, 0.5) is 11.4 Å². The molecule has 2 aromatic rings. The molecule has 0 fully saturated rings. The fourth-order valence-corrected chi connectivity index (χ4v) is 2.22. The van der Waals surface area contributed by atoms with Crippen LogP contribution in [0, 0.1) is 0 Å². The molecule has 142 valence electrons. The summed E-state index contributed by atoms with van der Waals surface area (Å²) in [6, 6.07) is 15.6. The van der Waals surface area contributed by atoms with Crippen LogP contribution in [0.3, 0.4) is 0 Å². The topological polar surface area (TPSA) is 93.7 Å². The van der Waals surface area contributed by atoms with Gasteiger partial charge in [-0.3, -0.25) is 14.4 Å². The van der Waals surface area contributed by atoms with Gasteiger partial charge >= 0.3 is 5.97 Å². The van der Waals surface area contributed by atoms with Crippen LogP contribution in [0.25, 0.3) is 0 Å². The van der Waals surface area contributed by atoms with E-state index in [1.165, 1.54) is 7.11 Å². The second-order valence-corrected chi connectivity index (χ2v) is 5.66. The number of amides is 2. The fourth-order valence-electron chi connectivity index (χ4n) is 2.22. The van der Waals surface area contributed by atoms with Crippen molar-refractivity contribution in [2.75, 3.05) is 31.0 Å². The third kappa shape index (κ3) is 7.29. The van der Waals surface area contributed by atoms with Gasteiger partial charge in [-0.1, -0.05) is 24.3 Å². The van der Waals surface area contributed by atoms with Crippen LogP contribution in [0.2, 0.25) is 0 Å². The summed E-state index contributed by atoms with van der Waals surface area (Å²) in [6.45, 7) is 0.486. The number of ether oxygens (including phenoxy) is 2. The molecule has 0 aliphatic rings. The molecule has 2 rings (SSSR count). The van der Waals surface area contributed by atoms with Crippen molar-refractivity contribution in [3.8, 4) is 0 Å². The first kappa shape index (κ1) is 20.1. The van der Waals surface area contributed by atoms with E-state index in [1.54, 1.807) is 48.5 Å². The largest absolute Gasteiger partial charge is 0.463 e. The van der Waals surface area contributed by atoms with E-state index in [-0.39, 0.29) is 31.3 Å². The zero-order valence-electron chi connectivity index (χ0n) is 15.1. The highest BCUT2D eigenvalue weighted by atomic mass is 16.6. The molecule has 0 saturated heterocycles. The fraction of sp³-hybridized carbons (Fsp3) is 0.250. The Labute approximate surface area is 157 Å². The maximum absolute atomic E-state index is 12.2. The number of nitrogens with one attached hydrogen (secondary N) is 2. The molecule has 2 N–H and O–H groups in total. The van der Waals surface area contributed by atoms with Crippen LogP contribution in [-0.2, 0) is 19.1 Å². The molecule has 0 saturated carbocycles. The molecule has 0 spiro atoms. The van der Waals surface area contributed by atoms with Crippen molar-refractivity contribution < 1.29 is 23.9 Å². The van der Waals surface area contributed by atoms with Crippen molar-refractivity contribution >= 4 is 29.2 Å². The Morgan fingerprint density at radius 3 is 2.26 bits per heavy atom. The summed E-state index contributed by atoms with van der Waals surface area (Å²) in [5.74, 6) is -1.01. The normalized spacial score (nSPS) is 10.1. The Morgan fingerprint density at radius 2 is 1.56 bits per heavy atom. The van der Waals surface area contributed by atoms with Crippen LogP contribution in [0.15, 0.2) is 54.6 Å². The Balaban J connectivity index is 1.83. The monoisotopic (exact) mass is 370 g/mol. The van der Waals surface area contributed by atoms with E-state index in [2.05, 4.69) is 10.6 Å². The second kappa shape index (κ2) is 10.7. The molecule has 0 unspecified atom stereocenters. The Hall–Kier alpha value is -3.19. The summed E-state index contributed by atoms with van der Waals surface area (Å²) in [5, 5.41) is 5.47. The number of hydrogen-bond donors (Lipinski definition) is 2. The summed E-state index contributed by atoms with van der Waals surface area (Å²) in [5.41, 5.74) is 1.62. The molecular weight excluding hydrogens is 348 g/mol. The molecule has 0 bridgehead atoms. The molecule has 0 aliphatic carbocycles. The van der Waals surface area contributed by atoms with E-state index in [1.807, 2.05) is 6.07 Å². The zero-order chi connectivity index (χ0) is 19.5. The van der Waals surface area contributed by atoms with Crippen molar-refractivity contribution in [2.45, 2.75) is 12.8 Å². The average Bonchev–Trinajstić information content (AvgIpc) is 2.67. The number of carbonyl (C=O) groups is 3. The molecule has 2 amide bonds. The van der Waals surface area contributed by atoms with Crippen molar-refractivity contribution in [1.82, 2.24) is 0 Å². The van der Waals surface area contributed by atoms with Crippen molar-refractivity contribution in [2.24, 2.45) is 0 Å². The van der Waals surface area contributed by atoms with Crippen molar-refractivity contribution in [3.05, 3.63) is 60.2 Å². The van der Waals surface area contributed by atoms with Crippen LogP contribution < -0.4 is 10.6 Å². The summed E-state index contributed by atoms with van der Waals surface area (Å²) in [7, 11) is 1.51. The molecule has 0 aromatic heterocycles. The van der Waals surface area contributed by atoms with E-state index < -0.39 is 5.97 Å². The smallest absolute Gasteiger partial charge is 0.306 e. The minimum Gasteiger partial charge on any atom is -0.463 e. The summed E-state index contributed by atoms with van der Waals surface area (Å²) < 4.78 is 9.67. The van der Waals surface area contributed by atoms with Gasteiger partial charge in [0, 0.05) is 30.5 Å². The van der Waals surface area contributed by atoms with E-state index in [0.29, 0.717) is 23.5 Å². The van der Waals surface area contributed by atoms with Crippen LogP contribution >= 0.6 is 0 Å². The highest BCUT2D eigenvalue weighted by Crippen LogP contribution is 2.16. The van der Waals surface area contributed by atoms with E-state index >= 15 is 0 Å². The third-order valence-electron chi connectivity index (χ3n) is 3.55. The summed E-state index contributed by atoms with van der Waals surface area (Å²) in [4.78, 5) is 35.6. The lowest BCUT2D eigenvalue weighted by Gasteiger charge is -2.09. The predicted octanol–water partition coefficient (Wildman–Crippen LogP) is 2.85. The molecule has 7 heteroatoms. The molecule has 0 heterocycles. The highest BCUT2D eigenvalue weighted by molar-refractivity contribution is 6.04. The first-order chi connectivity index (χ1) is 13.1. The number of benzene rings is 2. The van der Waals surface area contributed by atoms with Gasteiger partial charge < -0.3 is 20.1 Å². The third-order valence-corrected chi connectivity index (χ3v) is 3.55. The zero-order valence-corrected chi connectivity index (χ0v) is 15.1. The molecule has 0 atom stereocenters. The Kier molecular flexibility index (Phi) is 7.99. The summed E-state index contributed by atoms with van der Waals surface area (Å²) >= 11 is 0. The van der Waals surface area contributed by atoms with Gasteiger partial charge in [0.25, 0.3) is 5.91 Å². The maximum Gasteiger partial charge on any atom is 0.306 e. The number of anilines is 2. The number of carbonyl (C=O) groups excluding carboxylic acids is 3. The van der Waals surface area contributed by atoms with E-state index in [0.717, 1.165) is 0 Å². The highest BCUT2D eigenvalue weighted by Gasteiger charge is 2.10. The maximum atomic E-state index is 12.2. The average molecular weight is 370 g/mol. The van der Waals surface area contributed by atoms with Crippen LogP contribution in [0.5, 0.6) is 0 Å². The van der Waals surface area contributed by atoms with Crippen LogP contribution in [-0.4, -0.2) is 38.1 Å². The molecule has 0 radical (unpaired) electrons. The lowest BCUT2D eigenvalue weighted by atomic mass is 10.2. The number of rotatable bonds is 9. The van der Waals surface area contributed by atoms with Gasteiger partial charge in [0.1, 0.15) is 6.61 Å². The predicted molar refractivity (Wildman–Crippen MR) is 102 cm³/mol. The van der Waals surface area contributed by atoms with Crippen LogP contribution in [0.1, 0.15) is 23.2 Å². The van der Waals surface area contributed by atoms with Crippen molar-refractivity contribution in [1.29, 1.82) is 0 Å². The lowest BCUT2D eigenvalue weighted by molar-refractivity contribution is -0.145. The number of methoxy groups -OCH3 is 1. The van der Waals surface area contributed by atoms with E-state index in [9.17, 15) is 14.4 Å². The van der Waals surface area contributed by atoms with Gasteiger partial charge in [0.15, 0.2) is 0 Å².